The number of H-pyrrole nitrogens is 2. The lowest BCUT2D eigenvalue weighted by Crippen LogP contribution is -2.17. The van der Waals surface area contributed by atoms with Crippen LogP contribution in [0.25, 0.3) is 22.4 Å². The molecule has 1 unspecified atom stereocenters. The summed E-state index contributed by atoms with van der Waals surface area (Å²) in [5.41, 5.74) is 2.42. The summed E-state index contributed by atoms with van der Waals surface area (Å²) >= 11 is 12.2. The normalized spacial score (nSPS) is 11.9. The van der Waals surface area contributed by atoms with Gasteiger partial charge in [0.25, 0.3) is 5.56 Å². The quantitative estimate of drug-likeness (QED) is 0.370. The number of nitrogens with one attached hydrogen (secondary N) is 3. The second-order valence-electron chi connectivity index (χ2n) is 6.60. The first-order valence-electron chi connectivity index (χ1n) is 8.95. The summed E-state index contributed by atoms with van der Waals surface area (Å²) in [6.07, 6.45) is 0.669. The number of hydrogen-bond acceptors (Lipinski definition) is 5. The third-order valence-electron chi connectivity index (χ3n) is 4.59. The van der Waals surface area contributed by atoms with Crippen molar-refractivity contribution in [2.75, 3.05) is 11.9 Å². The Morgan fingerprint density at radius 3 is 2.83 bits per heavy atom. The van der Waals surface area contributed by atoms with E-state index in [1.165, 1.54) is 12.3 Å². The van der Waals surface area contributed by atoms with E-state index in [0.717, 1.165) is 0 Å². The number of imidazole rings is 1. The predicted octanol–water partition coefficient (Wildman–Crippen LogP) is 4.24. The van der Waals surface area contributed by atoms with E-state index >= 15 is 0 Å². The van der Waals surface area contributed by atoms with Crippen molar-refractivity contribution in [3.8, 4) is 17.5 Å². The number of pyridine rings is 1. The average molecular weight is 440 g/mol. The van der Waals surface area contributed by atoms with Crippen molar-refractivity contribution in [1.82, 2.24) is 15.0 Å². The highest BCUT2D eigenvalue weighted by atomic mass is 35.5. The number of nitriles is 1. The van der Waals surface area contributed by atoms with E-state index in [0.29, 0.717) is 43.7 Å². The number of anilines is 1. The van der Waals surface area contributed by atoms with Crippen LogP contribution in [-0.2, 0) is 0 Å². The zero-order valence-corrected chi connectivity index (χ0v) is 16.9. The van der Waals surface area contributed by atoms with Gasteiger partial charge in [0, 0.05) is 17.8 Å². The van der Waals surface area contributed by atoms with Crippen LogP contribution < -0.4 is 10.9 Å². The number of hydrogen-bond donors (Lipinski definition) is 4. The van der Waals surface area contributed by atoms with Gasteiger partial charge in [0.05, 0.1) is 34.0 Å². The van der Waals surface area contributed by atoms with Crippen molar-refractivity contribution in [3.05, 3.63) is 80.2 Å². The molecule has 9 heteroatoms. The molecule has 0 bridgehead atoms. The van der Waals surface area contributed by atoms with Crippen LogP contribution in [0.1, 0.15) is 17.2 Å². The van der Waals surface area contributed by atoms with E-state index in [-0.39, 0.29) is 17.7 Å². The minimum absolute atomic E-state index is 0.149. The third-order valence-corrected chi connectivity index (χ3v) is 5.11. The number of fused-ring (bicyclic) bond motifs is 1. The molecule has 0 fully saturated rings. The van der Waals surface area contributed by atoms with E-state index in [2.05, 4.69) is 20.3 Å². The number of benzene rings is 2. The van der Waals surface area contributed by atoms with E-state index in [1.807, 2.05) is 6.07 Å². The summed E-state index contributed by atoms with van der Waals surface area (Å²) in [5, 5.41) is 23.5. The SMILES string of the molecule is N#Cc1cc(Cl)c2nc(-c3c(NCC(O)c4cccc(Cl)c4)cc[nH]c3=O)[nH]c2c1. The summed E-state index contributed by atoms with van der Waals surface area (Å²) < 4.78 is 0. The molecular weight excluding hydrogens is 425 g/mol. The first-order valence-corrected chi connectivity index (χ1v) is 9.70. The zero-order valence-electron chi connectivity index (χ0n) is 15.4. The molecule has 0 aliphatic heterocycles. The van der Waals surface area contributed by atoms with Gasteiger partial charge in [-0.05, 0) is 35.9 Å². The molecule has 0 aliphatic rings. The molecule has 1 atom stereocenters. The van der Waals surface area contributed by atoms with Crippen LogP contribution in [0.3, 0.4) is 0 Å². The first kappa shape index (κ1) is 20.0. The van der Waals surface area contributed by atoms with E-state index in [9.17, 15) is 9.90 Å². The Morgan fingerprint density at radius 1 is 1.23 bits per heavy atom. The van der Waals surface area contributed by atoms with Gasteiger partial charge in [-0.25, -0.2) is 4.98 Å². The standard InChI is InChI=1S/C21H15Cl2N5O2/c22-13-3-1-2-12(8-13)17(29)10-26-15-4-5-25-21(30)18(15)20-27-16-7-11(9-24)6-14(23)19(16)28-20/h1-8,17,29H,10H2,(H,27,28)(H2,25,26,30). The lowest BCUT2D eigenvalue weighted by Gasteiger charge is -2.15. The van der Waals surface area contributed by atoms with E-state index in [1.54, 1.807) is 36.4 Å². The van der Waals surface area contributed by atoms with Gasteiger partial charge in [-0.2, -0.15) is 5.26 Å². The molecule has 7 nitrogen and oxygen atoms in total. The molecule has 2 aromatic carbocycles. The third kappa shape index (κ3) is 3.89. The van der Waals surface area contributed by atoms with Crippen LogP contribution in [0.5, 0.6) is 0 Å². The minimum Gasteiger partial charge on any atom is -0.387 e. The topological polar surface area (TPSA) is 118 Å². The van der Waals surface area contributed by atoms with Crippen LogP contribution in [0.15, 0.2) is 53.5 Å². The Morgan fingerprint density at radius 2 is 2.07 bits per heavy atom. The number of aromatic amines is 2. The predicted molar refractivity (Wildman–Crippen MR) is 117 cm³/mol. The fourth-order valence-electron chi connectivity index (χ4n) is 3.16. The number of nitrogens with zero attached hydrogens (tertiary/aromatic N) is 2. The maximum atomic E-state index is 12.6. The zero-order chi connectivity index (χ0) is 21.3. The summed E-state index contributed by atoms with van der Waals surface area (Å²) in [6.45, 7) is 0.149. The Hall–Kier alpha value is -3.31. The highest BCUT2D eigenvalue weighted by Gasteiger charge is 2.17. The maximum absolute atomic E-state index is 12.6. The van der Waals surface area contributed by atoms with Crippen LogP contribution in [0, 0.1) is 11.3 Å². The summed E-state index contributed by atoms with van der Waals surface area (Å²) in [4.78, 5) is 22.7. The molecular formula is C21H15Cl2N5O2. The fourth-order valence-corrected chi connectivity index (χ4v) is 3.62. The van der Waals surface area contributed by atoms with E-state index in [4.69, 9.17) is 28.5 Å². The van der Waals surface area contributed by atoms with Crippen LogP contribution in [-0.4, -0.2) is 26.6 Å². The van der Waals surface area contributed by atoms with Gasteiger partial charge >= 0.3 is 0 Å². The van der Waals surface area contributed by atoms with Crippen LogP contribution in [0.2, 0.25) is 10.0 Å². The maximum Gasteiger partial charge on any atom is 0.261 e. The highest BCUT2D eigenvalue weighted by Crippen LogP contribution is 2.29. The molecule has 0 spiro atoms. The molecule has 0 saturated heterocycles. The van der Waals surface area contributed by atoms with Gasteiger partial charge in [-0.15, -0.1) is 0 Å². The minimum atomic E-state index is -0.834. The second kappa shape index (κ2) is 8.20. The Bertz CT molecular complexity index is 1340. The molecule has 0 aliphatic carbocycles. The van der Waals surface area contributed by atoms with Gasteiger partial charge in [0.1, 0.15) is 16.9 Å². The summed E-state index contributed by atoms with van der Waals surface area (Å²) in [6, 6.07) is 13.8. The fraction of sp³-hybridized carbons (Fsp3) is 0.0952. The molecule has 4 aromatic rings. The number of aliphatic hydroxyl groups is 1. The van der Waals surface area contributed by atoms with Gasteiger partial charge in [0.2, 0.25) is 0 Å². The number of aliphatic hydroxyl groups excluding tert-OH is 1. The molecule has 4 N–H and O–H groups in total. The van der Waals surface area contributed by atoms with Crippen molar-refractivity contribution in [2.45, 2.75) is 6.10 Å². The largest absolute Gasteiger partial charge is 0.387 e. The first-order chi connectivity index (χ1) is 14.5. The summed E-state index contributed by atoms with van der Waals surface area (Å²) in [5.74, 6) is 0.295. The van der Waals surface area contributed by atoms with Gasteiger partial charge < -0.3 is 20.4 Å². The van der Waals surface area contributed by atoms with Gasteiger partial charge in [-0.3, -0.25) is 4.79 Å². The van der Waals surface area contributed by atoms with Crippen LogP contribution >= 0.6 is 23.2 Å². The number of rotatable bonds is 5. The van der Waals surface area contributed by atoms with Crippen LogP contribution in [0.4, 0.5) is 5.69 Å². The monoisotopic (exact) mass is 439 g/mol. The summed E-state index contributed by atoms with van der Waals surface area (Å²) in [7, 11) is 0. The Balaban J connectivity index is 1.69. The van der Waals surface area contributed by atoms with Crippen molar-refractivity contribution in [3.63, 3.8) is 0 Å². The molecule has 2 heterocycles. The van der Waals surface area contributed by atoms with Gasteiger partial charge in [-0.1, -0.05) is 35.3 Å². The lowest BCUT2D eigenvalue weighted by molar-refractivity contribution is 0.191. The lowest BCUT2D eigenvalue weighted by atomic mass is 10.1. The Labute approximate surface area is 180 Å². The van der Waals surface area contributed by atoms with Gasteiger partial charge in [0.15, 0.2) is 0 Å². The molecule has 4 rings (SSSR count). The van der Waals surface area contributed by atoms with Crippen molar-refractivity contribution in [1.29, 1.82) is 5.26 Å². The van der Waals surface area contributed by atoms with Crippen molar-refractivity contribution in [2.24, 2.45) is 0 Å². The molecule has 0 radical (unpaired) electrons. The van der Waals surface area contributed by atoms with Crippen molar-refractivity contribution < 1.29 is 5.11 Å². The molecule has 0 saturated carbocycles. The smallest absolute Gasteiger partial charge is 0.261 e. The highest BCUT2D eigenvalue weighted by molar-refractivity contribution is 6.35. The number of aromatic nitrogens is 3. The second-order valence-corrected chi connectivity index (χ2v) is 7.44. The average Bonchev–Trinajstić information content (AvgIpc) is 3.16. The van der Waals surface area contributed by atoms with E-state index < -0.39 is 6.10 Å². The Kier molecular flexibility index (Phi) is 5.46. The van der Waals surface area contributed by atoms with Crippen molar-refractivity contribution >= 4 is 39.9 Å². The molecule has 30 heavy (non-hydrogen) atoms. The molecule has 2 aromatic heterocycles. The number of halogens is 2. The molecule has 0 amide bonds. The molecule has 150 valence electrons.